The molecule has 0 aliphatic rings. The minimum Gasteiger partial charge on any atom is -0.490 e. The fraction of sp³-hybridized carbons (Fsp3) is 0.633. The van der Waals surface area contributed by atoms with Gasteiger partial charge >= 0.3 is 0 Å². The maximum atomic E-state index is 14.7. The Labute approximate surface area is 210 Å². The molecule has 2 nitrogen and oxygen atoms in total. The smallest absolute Gasteiger partial charge is 0.201 e. The molecule has 1 unspecified atom stereocenters. The van der Waals surface area contributed by atoms with E-state index in [-0.39, 0.29) is 11.3 Å². The van der Waals surface area contributed by atoms with Crippen LogP contribution in [-0.2, 0) is 6.42 Å². The molecule has 5 heteroatoms. The summed E-state index contributed by atoms with van der Waals surface area (Å²) in [5.74, 6) is -1.96. The van der Waals surface area contributed by atoms with Gasteiger partial charge in [0.2, 0.25) is 5.82 Å². The average Bonchev–Trinajstić information content (AvgIpc) is 2.86. The molecule has 2 aromatic rings. The van der Waals surface area contributed by atoms with E-state index in [1.165, 1.54) is 50.7 Å². The first-order chi connectivity index (χ1) is 17.1. The van der Waals surface area contributed by atoms with Crippen molar-refractivity contribution in [1.29, 1.82) is 0 Å². The second-order valence-electron chi connectivity index (χ2n) is 9.60. The second kappa shape index (κ2) is 17.4. The van der Waals surface area contributed by atoms with Crippen molar-refractivity contribution in [3.63, 3.8) is 0 Å². The number of pyridine rings is 1. The molecule has 1 aromatic carbocycles. The molecular weight excluding hydrogens is 447 g/mol. The van der Waals surface area contributed by atoms with Crippen LogP contribution in [0.1, 0.15) is 109 Å². The van der Waals surface area contributed by atoms with E-state index in [1.807, 2.05) is 6.07 Å². The van der Waals surface area contributed by atoms with Gasteiger partial charge in [0, 0.05) is 11.8 Å². The van der Waals surface area contributed by atoms with Crippen LogP contribution < -0.4 is 4.74 Å². The molecule has 0 bridgehead atoms. The molecule has 1 atom stereocenters. The van der Waals surface area contributed by atoms with Gasteiger partial charge in [-0.3, -0.25) is 4.98 Å². The Morgan fingerprint density at radius 2 is 1.40 bits per heavy atom. The normalized spacial score (nSPS) is 12.1. The van der Waals surface area contributed by atoms with E-state index < -0.39 is 17.8 Å². The third kappa shape index (κ3) is 11.0. The highest BCUT2D eigenvalue weighted by molar-refractivity contribution is 5.61. The van der Waals surface area contributed by atoms with Gasteiger partial charge in [0.25, 0.3) is 0 Å². The molecule has 0 spiro atoms. The van der Waals surface area contributed by atoms with Gasteiger partial charge in [-0.1, -0.05) is 84.1 Å². The fourth-order valence-electron chi connectivity index (χ4n) is 4.28. The third-order valence-electron chi connectivity index (χ3n) is 6.51. The number of hydrogen-bond donors (Lipinski definition) is 0. The number of ether oxygens (including phenoxy) is 1. The van der Waals surface area contributed by atoms with Crippen LogP contribution in [0.25, 0.3) is 11.3 Å². The molecule has 0 fully saturated rings. The predicted octanol–water partition coefficient (Wildman–Crippen LogP) is 9.79. The number of hydrogen-bond acceptors (Lipinski definition) is 2. The van der Waals surface area contributed by atoms with Gasteiger partial charge in [-0.15, -0.1) is 0 Å². The number of aryl methyl sites for hydroxylation is 1. The molecule has 0 saturated carbocycles. The lowest BCUT2D eigenvalue weighted by Gasteiger charge is -2.11. The van der Waals surface area contributed by atoms with Gasteiger partial charge in [0.05, 0.1) is 12.3 Å². The Morgan fingerprint density at radius 1 is 0.743 bits per heavy atom. The highest BCUT2D eigenvalue weighted by Crippen LogP contribution is 2.29. The lowest BCUT2D eigenvalue weighted by atomic mass is 10.0. The largest absolute Gasteiger partial charge is 0.490 e. The van der Waals surface area contributed by atoms with Crippen molar-refractivity contribution in [1.82, 2.24) is 4.98 Å². The lowest BCUT2D eigenvalue weighted by Crippen LogP contribution is -2.02. The monoisotopic (exact) mass is 491 g/mol. The molecule has 0 aliphatic heterocycles. The SMILES string of the molecule is CCCCCCCCOc1ccc(-c2ccc(CCCC(F)CCCCCCC)cn2)c(F)c1F. The lowest BCUT2D eigenvalue weighted by molar-refractivity contribution is 0.282. The molecule has 0 radical (unpaired) electrons. The summed E-state index contributed by atoms with van der Waals surface area (Å²) < 4.78 is 48.8. The Bertz CT molecular complexity index is 825. The minimum absolute atomic E-state index is 0.0532. The van der Waals surface area contributed by atoms with E-state index in [0.29, 0.717) is 25.1 Å². The van der Waals surface area contributed by atoms with E-state index in [4.69, 9.17) is 4.74 Å². The van der Waals surface area contributed by atoms with Gasteiger partial charge in [0.15, 0.2) is 11.6 Å². The average molecular weight is 492 g/mol. The molecule has 0 aliphatic carbocycles. The molecule has 0 saturated heterocycles. The predicted molar refractivity (Wildman–Crippen MR) is 140 cm³/mol. The van der Waals surface area contributed by atoms with E-state index in [1.54, 1.807) is 12.3 Å². The molecule has 2 rings (SSSR count). The summed E-state index contributed by atoms with van der Waals surface area (Å²) in [6.07, 6.45) is 15.9. The Hall–Kier alpha value is -2.04. The standard InChI is InChI=1S/C30H44F3NO/c1-3-5-7-9-11-13-22-35-28-21-19-26(29(32)30(28)33)27-20-18-24(23-34-27)15-14-17-25(31)16-12-10-8-6-4-2/h18-21,23,25H,3-17,22H2,1-2H3. The number of nitrogens with zero attached hydrogens (tertiary/aromatic N) is 1. The van der Waals surface area contributed by atoms with Gasteiger partial charge in [0.1, 0.15) is 6.17 Å². The van der Waals surface area contributed by atoms with Crippen LogP contribution in [0.5, 0.6) is 5.75 Å². The van der Waals surface area contributed by atoms with Crippen molar-refractivity contribution in [2.45, 2.75) is 116 Å². The van der Waals surface area contributed by atoms with Crippen LogP contribution >= 0.6 is 0 Å². The summed E-state index contributed by atoms with van der Waals surface area (Å²) in [5.41, 5.74) is 1.47. The summed E-state index contributed by atoms with van der Waals surface area (Å²) >= 11 is 0. The van der Waals surface area contributed by atoms with Crippen LogP contribution in [0.2, 0.25) is 0 Å². The van der Waals surface area contributed by atoms with Crippen LogP contribution in [0.15, 0.2) is 30.5 Å². The zero-order valence-electron chi connectivity index (χ0n) is 21.8. The molecule has 1 aromatic heterocycles. The zero-order chi connectivity index (χ0) is 25.3. The number of aromatic nitrogens is 1. The maximum Gasteiger partial charge on any atom is 0.201 e. The minimum atomic E-state index is -0.969. The Morgan fingerprint density at radius 3 is 2.09 bits per heavy atom. The topological polar surface area (TPSA) is 22.1 Å². The van der Waals surface area contributed by atoms with Crippen LogP contribution in [0.4, 0.5) is 13.2 Å². The van der Waals surface area contributed by atoms with Crippen LogP contribution in [0, 0.1) is 11.6 Å². The van der Waals surface area contributed by atoms with Crippen molar-refractivity contribution < 1.29 is 17.9 Å². The van der Waals surface area contributed by atoms with Crippen LogP contribution in [-0.4, -0.2) is 17.8 Å². The summed E-state index contributed by atoms with van der Waals surface area (Å²) in [7, 11) is 0. The maximum absolute atomic E-state index is 14.7. The molecule has 0 amide bonds. The van der Waals surface area contributed by atoms with Crippen molar-refractivity contribution in [3.8, 4) is 17.0 Å². The summed E-state index contributed by atoms with van der Waals surface area (Å²) in [6.45, 7) is 4.74. The number of unbranched alkanes of at least 4 members (excludes halogenated alkanes) is 9. The van der Waals surface area contributed by atoms with Gasteiger partial charge in [-0.2, -0.15) is 4.39 Å². The third-order valence-corrected chi connectivity index (χ3v) is 6.51. The first-order valence-corrected chi connectivity index (χ1v) is 13.8. The van der Waals surface area contributed by atoms with Crippen LogP contribution in [0.3, 0.4) is 0 Å². The fourth-order valence-corrected chi connectivity index (χ4v) is 4.28. The highest BCUT2D eigenvalue weighted by Gasteiger charge is 2.16. The van der Waals surface area contributed by atoms with E-state index in [9.17, 15) is 13.2 Å². The van der Waals surface area contributed by atoms with Gasteiger partial charge in [-0.05, 0) is 55.9 Å². The molecule has 1 heterocycles. The van der Waals surface area contributed by atoms with E-state index in [2.05, 4.69) is 18.8 Å². The first-order valence-electron chi connectivity index (χ1n) is 13.8. The molecule has 0 N–H and O–H groups in total. The van der Waals surface area contributed by atoms with Gasteiger partial charge < -0.3 is 4.74 Å². The molecule has 35 heavy (non-hydrogen) atoms. The Balaban J connectivity index is 1.77. The first kappa shape index (κ1) is 29.2. The summed E-state index contributed by atoms with van der Waals surface area (Å²) in [4.78, 5) is 4.33. The quantitative estimate of drug-likeness (QED) is 0.182. The summed E-state index contributed by atoms with van der Waals surface area (Å²) in [5, 5.41) is 0. The Kier molecular flexibility index (Phi) is 14.5. The van der Waals surface area contributed by atoms with Gasteiger partial charge in [-0.25, -0.2) is 8.78 Å². The van der Waals surface area contributed by atoms with Crippen molar-refractivity contribution in [2.24, 2.45) is 0 Å². The number of alkyl halides is 1. The number of halogens is 3. The van der Waals surface area contributed by atoms with E-state index >= 15 is 0 Å². The number of rotatable bonds is 19. The van der Waals surface area contributed by atoms with E-state index in [0.717, 1.165) is 50.5 Å². The van der Waals surface area contributed by atoms with Crippen molar-refractivity contribution in [2.75, 3.05) is 6.61 Å². The molecule has 196 valence electrons. The number of benzene rings is 1. The zero-order valence-corrected chi connectivity index (χ0v) is 21.8. The summed E-state index contributed by atoms with van der Waals surface area (Å²) in [6, 6.07) is 6.56. The van der Waals surface area contributed by atoms with Crippen molar-refractivity contribution >= 4 is 0 Å². The van der Waals surface area contributed by atoms with Crippen molar-refractivity contribution in [3.05, 3.63) is 47.7 Å². The second-order valence-corrected chi connectivity index (χ2v) is 9.60. The molecular formula is C30H44F3NO. The highest BCUT2D eigenvalue weighted by atomic mass is 19.2.